The largest absolute Gasteiger partial charge is 0.508 e. The zero-order chi connectivity index (χ0) is 22.1. The minimum Gasteiger partial charge on any atom is -0.508 e. The Labute approximate surface area is 185 Å². The van der Waals surface area contributed by atoms with Crippen LogP contribution >= 0.6 is 0 Å². The molecule has 2 heterocycles. The van der Waals surface area contributed by atoms with Gasteiger partial charge in [-0.25, -0.2) is 0 Å². The number of carbonyl (C=O) groups excluding carboxylic acids is 1. The maximum atomic E-state index is 10.7. The van der Waals surface area contributed by atoms with E-state index in [1.165, 1.54) is 45.0 Å². The minimum atomic E-state index is -0.0550. The van der Waals surface area contributed by atoms with Gasteiger partial charge in [0.1, 0.15) is 18.1 Å². The molecule has 6 heteroatoms. The molecule has 2 fully saturated rings. The number of anilines is 1. The molecule has 0 aromatic heterocycles. The predicted molar refractivity (Wildman–Crippen MR) is 123 cm³/mol. The number of carbonyl (C=O) groups is 1. The molecule has 2 unspecified atom stereocenters. The van der Waals surface area contributed by atoms with Crippen molar-refractivity contribution in [1.29, 1.82) is 0 Å². The number of amides is 1. The molecule has 0 bridgehead atoms. The standard InChI is InChI=1S/C15H21NO2.C10H13NO2/c1-2-10-16(9-1)13-5-7-14(8-6-13)18-12-15-4-3-11-17-15;1-7(11-8(2)12)9-3-5-10(13)6-4-9/h5-8,15H,1-4,9-12H2;3-7,13H,1-2H3,(H,11,12). The molecule has 168 valence electrons. The van der Waals surface area contributed by atoms with Gasteiger partial charge in [-0.1, -0.05) is 12.1 Å². The molecule has 2 aromatic carbocycles. The normalized spacial score (nSPS) is 18.8. The highest BCUT2D eigenvalue weighted by molar-refractivity contribution is 5.73. The molecule has 0 aliphatic carbocycles. The molecule has 0 spiro atoms. The molecule has 0 saturated carbocycles. The van der Waals surface area contributed by atoms with Gasteiger partial charge in [-0.3, -0.25) is 4.79 Å². The van der Waals surface area contributed by atoms with E-state index in [4.69, 9.17) is 14.6 Å². The van der Waals surface area contributed by atoms with Crippen molar-refractivity contribution in [3.63, 3.8) is 0 Å². The van der Waals surface area contributed by atoms with Crippen molar-refractivity contribution in [1.82, 2.24) is 5.32 Å². The monoisotopic (exact) mass is 426 g/mol. The number of phenols is 1. The first-order chi connectivity index (χ1) is 15.0. The highest BCUT2D eigenvalue weighted by Gasteiger charge is 2.16. The fourth-order valence-electron chi connectivity index (χ4n) is 3.84. The zero-order valence-corrected chi connectivity index (χ0v) is 18.5. The molecule has 2 saturated heterocycles. The lowest BCUT2D eigenvalue weighted by Gasteiger charge is -2.18. The summed E-state index contributed by atoms with van der Waals surface area (Å²) < 4.78 is 11.3. The van der Waals surface area contributed by atoms with Crippen LogP contribution in [-0.2, 0) is 9.53 Å². The van der Waals surface area contributed by atoms with Crippen LogP contribution in [0, 0.1) is 0 Å². The maximum absolute atomic E-state index is 10.7. The Kier molecular flexibility index (Phi) is 8.59. The number of hydrogen-bond acceptors (Lipinski definition) is 5. The van der Waals surface area contributed by atoms with E-state index in [0.29, 0.717) is 12.7 Å². The summed E-state index contributed by atoms with van der Waals surface area (Å²) in [6.07, 6.45) is 5.23. The van der Waals surface area contributed by atoms with E-state index in [1.807, 2.05) is 6.92 Å². The summed E-state index contributed by atoms with van der Waals surface area (Å²) >= 11 is 0. The topological polar surface area (TPSA) is 71.0 Å². The van der Waals surface area contributed by atoms with Crippen molar-refractivity contribution in [2.45, 2.75) is 51.7 Å². The molecule has 2 aliphatic heterocycles. The molecular weight excluding hydrogens is 392 g/mol. The number of nitrogens with zero attached hydrogens (tertiary/aromatic N) is 1. The number of rotatable bonds is 6. The first-order valence-electron chi connectivity index (χ1n) is 11.2. The van der Waals surface area contributed by atoms with Crippen molar-refractivity contribution in [2.75, 3.05) is 31.2 Å². The lowest BCUT2D eigenvalue weighted by Crippen LogP contribution is -2.23. The molecule has 2 N–H and O–H groups in total. The van der Waals surface area contributed by atoms with Gasteiger partial charge in [0.15, 0.2) is 0 Å². The number of ether oxygens (including phenoxy) is 2. The Morgan fingerprint density at radius 1 is 1.13 bits per heavy atom. The van der Waals surface area contributed by atoms with Crippen LogP contribution in [0.3, 0.4) is 0 Å². The highest BCUT2D eigenvalue weighted by atomic mass is 16.5. The van der Waals surface area contributed by atoms with E-state index in [2.05, 4.69) is 34.5 Å². The van der Waals surface area contributed by atoms with Crippen LogP contribution in [-0.4, -0.2) is 43.4 Å². The molecule has 2 aromatic rings. The molecule has 6 nitrogen and oxygen atoms in total. The quantitative estimate of drug-likeness (QED) is 0.715. The van der Waals surface area contributed by atoms with Crippen LogP contribution in [0.5, 0.6) is 11.5 Å². The lowest BCUT2D eigenvalue weighted by molar-refractivity contribution is -0.119. The van der Waals surface area contributed by atoms with Crippen LogP contribution < -0.4 is 15.0 Å². The molecule has 31 heavy (non-hydrogen) atoms. The summed E-state index contributed by atoms with van der Waals surface area (Å²) in [7, 11) is 0. The Morgan fingerprint density at radius 2 is 1.81 bits per heavy atom. The highest BCUT2D eigenvalue weighted by Crippen LogP contribution is 2.23. The molecule has 0 radical (unpaired) electrons. The zero-order valence-electron chi connectivity index (χ0n) is 18.5. The summed E-state index contributed by atoms with van der Waals surface area (Å²) in [5.41, 5.74) is 2.30. The molecule has 2 aliphatic rings. The molecule has 2 atom stereocenters. The third kappa shape index (κ3) is 7.47. The number of nitrogens with one attached hydrogen (secondary N) is 1. The van der Waals surface area contributed by atoms with Crippen molar-refractivity contribution in [3.05, 3.63) is 54.1 Å². The van der Waals surface area contributed by atoms with Crippen LogP contribution in [0.2, 0.25) is 0 Å². The number of phenolic OH excluding ortho intramolecular Hbond substituents is 1. The van der Waals surface area contributed by atoms with Gasteiger partial charge >= 0.3 is 0 Å². The summed E-state index contributed by atoms with van der Waals surface area (Å²) in [6.45, 7) is 7.34. The van der Waals surface area contributed by atoms with Crippen molar-refractivity contribution in [2.24, 2.45) is 0 Å². The van der Waals surface area contributed by atoms with Gasteiger partial charge in [0, 0.05) is 32.3 Å². The van der Waals surface area contributed by atoms with E-state index >= 15 is 0 Å². The van der Waals surface area contributed by atoms with Gasteiger partial charge in [-0.15, -0.1) is 0 Å². The number of hydrogen-bond donors (Lipinski definition) is 2. The fourth-order valence-corrected chi connectivity index (χ4v) is 3.84. The Morgan fingerprint density at radius 3 is 2.39 bits per heavy atom. The van der Waals surface area contributed by atoms with Crippen molar-refractivity contribution in [3.8, 4) is 11.5 Å². The second-order valence-corrected chi connectivity index (χ2v) is 8.15. The smallest absolute Gasteiger partial charge is 0.217 e. The summed E-state index contributed by atoms with van der Waals surface area (Å²) in [4.78, 5) is 13.2. The van der Waals surface area contributed by atoms with Crippen molar-refractivity contribution >= 4 is 11.6 Å². The van der Waals surface area contributed by atoms with Crippen LogP contribution in [0.1, 0.15) is 51.1 Å². The SMILES string of the molecule is CC(=O)NC(C)c1ccc(O)cc1.c1cc(N2CCCC2)ccc1OCC1CCCO1. The second-order valence-electron chi connectivity index (χ2n) is 8.15. The average Bonchev–Trinajstić information content (AvgIpc) is 3.47. The van der Waals surface area contributed by atoms with Gasteiger partial charge in [0.25, 0.3) is 0 Å². The summed E-state index contributed by atoms with van der Waals surface area (Å²) in [6, 6.07) is 15.2. The van der Waals surface area contributed by atoms with Gasteiger partial charge in [-0.05, 0) is 74.6 Å². The molecular formula is C25H34N2O4. The Balaban J connectivity index is 0.000000187. The van der Waals surface area contributed by atoms with E-state index in [-0.39, 0.29) is 17.7 Å². The maximum Gasteiger partial charge on any atom is 0.217 e. The van der Waals surface area contributed by atoms with Gasteiger partial charge in [0.2, 0.25) is 5.91 Å². The third-order valence-electron chi connectivity index (χ3n) is 5.58. The first kappa shape index (κ1) is 22.9. The second kappa shape index (κ2) is 11.6. The van der Waals surface area contributed by atoms with E-state index in [1.54, 1.807) is 24.3 Å². The van der Waals surface area contributed by atoms with Crippen LogP contribution in [0.15, 0.2) is 48.5 Å². The van der Waals surface area contributed by atoms with E-state index in [9.17, 15) is 4.79 Å². The van der Waals surface area contributed by atoms with Gasteiger partial charge in [-0.2, -0.15) is 0 Å². The average molecular weight is 427 g/mol. The molecule has 1 amide bonds. The molecule has 4 rings (SSSR count). The fraction of sp³-hybridized carbons (Fsp3) is 0.480. The number of benzene rings is 2. The first-order valence-corrected chi connectivity index (χ1v) is 11.2. The lowest BCUT2D eigenvalue weighted by atomic mass is 10.1. The predicted octanol–water partition coefficient (Wildman–Crippen LogP) is 4.43. The third-order valence-corrected chi connectivity index (χ3v) is 5.58. The minimum absolute atomic E-state index is 0.0156. The Bertz CT molecular complexity index is 795. The number of aromatic hydroxyl groups is 1. The van der Waals surface area contributed by atoms with Gasteiger partial charge in [0.05, 0.1) is 12.1 Å². The van der Waals surface area contributed by atoms with Crippen LogP contribution in [0.25, 0.3) is 0 Å². The Hall–Kier alpha value is -2.73. The van der Waals surface area contributed by atoms with Gasteiger partial charge < -0.3 is 24.8 Å². The van der Waals surface area contributed by atoms with Crippen molar-refractivity contribution < 1.29 is 19.4 Å². The summed E-state index contributed by atoms with van der Waals surface area (Å²) in [5.74, 6) is 1.13. The summed E-state index contributed by atoms with van der Waals surface area (Å²) in [5, 5.41) is 11.8. The van der Waals surface area contributed by atoms with Crippen LogP contribution in [0.4, 0.5) is 5.69 Å². The van der Waals surface area contributed by atoms with E-state index in [0.717, 1.165) is 24.3 Å². The van der Waals surface area contributed by atoms with E-state index < -0.39 is 0 Å².